The topological polar surface area (TPSA) is 41.1 Å². The number of carbonyl (C=O) groups is 1. The molecule has 2 N–H and O–H groups in total. The summed E-state index contributed by atoms with van der Waals surface area (Å²) in [4.78, 5) is 12.2. The van der Waals surface area contributed by atoms with Crippen molar-refractivity contribution in [2.45, 2.75) is 6.92 Å². The maximum atomic E-state index is 12.2. The summed E-state index contributed by atoms with van der Waals surface area (Å²) < 4.78 is 0. The average Bonchev–Trinajstić information content (AvgIpc) is 2.85. The van der Waals surface area contributed by atoms with Gasteiger partial charge >= 0.3 is 0 Å². The van der Waals surface area contributed by atoms with Gasteiger partial charge in [-0.15, -0.1) is 0 Å². The number of nitrogens with one attached hydrogen (secondary N) is 2. The summed E-state index contributed by atoms with van der Waals surface area (Å²) in [6.07, 6.45) is 0. The summed E-state index contributed by atoms with van der Waals surface area (Å²) in [5.41, 5.74) is 0.878. The molecule has 0 aliphatic carbocycles. The van der Waals surface area contributed by atoms with Crippen molar-refractivity contribution >= 4 is 22.4 Å². The zero-order chi connectivity index (χ0) is 13.2. The lowest BCUT2D eigenvalue weighted by molar-refractivity contribution is -0.120. The largest absolute Gasteiger partial charge is 0.326 e. The van der Waals surface area contributed by atoms with Crippen LogP contribution in [-0.2, 0) is 4.79 Å². The summed E-state index contributed by atoms with van der Waals surface area (Å²) >= 11 is 0. The van der Waals surface area contributed by atoms with Gasteiger partial charge in [0.05, 0.1) is 5.92 Å². The Labute approximate surface area is 113 Å². The third-order valence-corrected chi connectivity index (χ3v) is 3.87. The Kier molecular flexibility index (Phi) is 3.22. The van der Waals surface area contributed by atoms with Crippen LogP contribution in [0.15, 0.2) is 42.5 Å². The van der Waals surface area contributed by atoms with Crippen molar-refractivity contribution in [1.82, 2.24) is 5.32 Å². The summed E-state index contributed by atoms with van der Waals surface area (Å²) in [5, 5.41) is 8.63. The monoisotopic (exact) mass is 254 g/mol. The molecular formula is C16H18N2O. The lowest BCUT2D eigenvalue weighted by atomic mass is 9.97. The van der Waals surface area contributed by atoms with E-state index < -0.39 is 0 Å². The molecule has 98 valence electrons. The van der Waals surface area contributed by atoms with E-state index in [1.165, 1.54) is 5.39 Å². The molecule has 0 bridgehead atoms. The van der Waals surface area contributed by atoms with E-state index >= 15 is 0 Å². The normalized spacial score (nSPS) is 22.6. The van der Waals surface area contributed by atoms with Crippen LogP contribution in [0, 0.1) is 11.8 Å². The van der Waals surface area contributed by atoms with E-state index in [1.54, 1.807) is 0 Å². The van der Waals surface area contributed by atoms with Crippen molar-refractivity contribution < 1.29 is 4.79 Å². The summed E-state index contributed by atoms with van der Waals surface area (Å²) in [6.45, 7) is 3.82. The first-order chi connectivity index (χ1) is 9.24. The highest BCUT2D eigenvalue weighted by molar-refractivity contribution is 5.96. The van der Waals surface area contributed by atoms with Gasteiger partial charge in [0, 0.05) is 12.2 Å². The SMILES string of the molecule is CC1CNCC1C(=O)Nc1ccc2ccccc2c1. The fraction of sp³-hybridized carbons (Fsp3) is 0.312. The maximum Gasteiger partial charge on any atom is 0.229 e. The number of benzene rings is 2. The number of rotatable bonds is 2. The Morgan fingerprint density at radius 1 is 1.16 bits per heavy atom. The molecule has 0 saturated carbocycles. The van der Waals surface area contributed by atoms with Gasteiger partial charge in [-0.3, -0.25) is 4.79 Å². The quantitative estimate of drug-likeness (QED) is 0.865. The molecule has 1 fully saturated rings. The molecule has 1 saturated heterocycles. The molecular weight excluding hydrogens is 236 g/mol. The Morgan fingerprint density at radius 2 is 1.95 bits per heavy atom. The van der Waals surface area contributed by atoms with Gasteiger partial charge in [-0.1, -0.05) is 37.3 Å². The van der Waals surface area contributed by atoms with Crippen LogP contribution in [0.5, 0.6) is 0 Å². The lowest BCUT2D eigenvalue weighted by Gasteiger charge is -2.14. The van der Waals surface area contributed by atoms with Crippen LogP contribution in [0.25, 0.3) is 10.8 Å². The molecule has 1 aliphatic heterocycles. The van der Waals surface area contributed by atoms with E-state index in [1.807, 2.05) is 30.3 Å². The smallest absolute Gasteiger partial charge is 0.229 e. The minimum Gasteiger partial charge on any atom is -0.326 e. The van der Waals surface area contributed by atoms with Gasteiger partial charge in [-0.2, -0.15) is 0 Å². The Hall–Kier alpha value is -1.87. The van der Waals surface area contributed by atoms with E-state index in [0.717, 1.165) is 24.2 Å². The van der Waals surface area contributed by atoms with Crippen molar-refractivity contribution in [3.63, 3.8) is 0 Å². The van der Waals surface area contributed by atoms with Gasteiger partial charge in [0.15, 0.2) is 0 Å². The minimum atomic E-state index is 0.0754. The van der Waals surface area contributed by atoms with Crippen LogP contribution in [0.3, 0.4) is 0 Å². The van der Waals surface area contributed by atoms with E-state index in [9.17, 15) is 4.79 Å². The Balaban J connectivity index is 1.79. The standard InChI is InChI=1S/C16H18N2O/c1-11-9-17-10-15(11)16(19)18-14-7-6-12-4-2-3-5-13(12)8-14/h2-8,11,15,17H,9-10H2,1H3,(H,18,19). The molecule has 1 aliphatic rings. The number of amides is 1. The highest BCUT2D eigenvalue weighted by Gasteiger charge is 2.29. The number of hydrogen-bond donors (Lipinski definition) is 2. The van der Waals surface area contributed by atoms with Crippen LogP contribution in [-0.4, -0.2) is 19.0 Å². The predicted molar refractivity (Wildman–Crippen MR) is 78.1 cm³/mol. The molecule has 2 unspecified atom stereocenters. The van der Waals surface area contributed by atoms with Gasteiger partial charge in [-0.05, 0) is 35.4 Å². The molecule has 1 heterocycles. The number of hydrogen-bond acceptors (Lipinski definition) is 2. The second-order valence-corrected chi connectivity index (χ2v) is 5.29. The van der Waals surface area contributed by atoms with Gasteiger partial charge in [0.1, 0.15) is 0 Å². The number of carbonyl (C=O) groups excluding carboxylic acids is 1. The molecule has 2 aromatic carbocycles. The third-order valence-electron chi connectivity index (χ3n) is 3.87. The predicted octanol–water partition coefficient (Wildman–Crippen LogP) is 2.63. The molecule has 0 spiro atoms. The van der Waals surface area contributed by atoms with Crippen LogP contribution < -0.4 is 10.6 Å². The lowest BCUT2D eigenvalue weighted by Crippen LogP contribution is -2.27. The highest BCUT2D eigenvalue weighted by atomic mass is 16.1. The van der Waals surface area contributed by atoms with E-state index in [2.05, 4.69) is 29.7 Å². The first-order valence-corrected chi connectivity index (χ1v) is 6.74. The second kappa shape index (κ2) is 5.02. The average molecular weight is 254 g/mol. The summed E-state index contributed by atoms with van der Waals surface area (Å²) in [5.74, 6) is 0.597. The van der Waals surface area contributed by atoms with Gasteiger partial charge < -0.3 is 10.6 Å². The van der Waals surface area contributed by atoms with E-state index in [-0.39, 0.29) is 11.8 Å². The van der Waals surface area contributed by atoms with Crippen LogP contribution in [0.4, 0.5) is 5.69 Å². The van der Waals surface area contributed by atoms with Crippen molar-refractivity contribution in [2.75, 3.05) is 18.4 Å². The van der Waals surface area contributed by atoms with Crippen molar-refractivity contribution in [3.8, 4) is 0 Å². The molecule has 2 aromatic rings. The molecule has 3 heteroatoms. The number of fused-ring (bicyclic) bond motifs is 1. The first kappa shape index (κ1) is 12.2. The summed E-state index contributed by atoms with van der Waals surface area (Å²) in [6, 6.07) is 14.2. The molecule has 0 aromatic heterocycles. The molecule has 3 rings (SSSR count). The zero-order valence-electron chi connectivity index (χ0n) is 11.0. The minimum absolute atomic E-state index is 0.0754. The van der Waals surface area contributed by atoms with Crippen molar-refractivity contribution in [1.29, 1.82) is 0 Å². The van der Waals surface area contributed by atoms with E-state index in [4.69, 9.17) is 0 Å². The molecule has 1 amide bonds. The van der Waals surface area contributed by atoms with Crippen LogP contribution in [0.2, 0.25) is 0 Å². The molecule has 0 radical (unpaired) electrons. The van der Waals surface area contributed by atoms with Gasteiger partial charge in [0.25, 0.3) is 0 Å². The van der Waals surface area contributed by atoms with Crippen molar-refractivity contribution in [3.05, 3.63) is 42.5 Å². The molecule has 3 nitrogen and oxygen atoms in total. The van der Waals surface area contributed by atoms with Gasteiger partial charge in [-0.25, -0.2) is 0 Å². The van der Waals surface area contributed by atoms with Crippen molar-refractivity contribution in [2.24, 2.45) is 11.8 Å². The summed E-state index contributed by atoms with van der Waals surface area (Å²) in [7, 11) is 0. The maximum absolute atomic E-state index is 12.2. The second-order valence-electron chi connectivity index (χ2n) is 5.29. The highest BCUT2D eigenvalue weighted by Crippen LogP contribution is 2.21. The van der Waals surface area contributed by atoms with Gasteiger partial charge in [0.2, 0.25) is 5.91 Å². The molecule has 2 atom stereocenters. The Morgan fingerprint density at radius 3 is 2.68 bits per heavy atom. The fourth-order valence-corrected chi connectivity index (χ4v) is 2.66. The Bertz CT molecular complexity index is 608. The fourth-order valence-electron chi connectivity index (χ4n) is 2.66. The van der Waals surface area contributed by atoms with E-state index in [0.29, 0.717) is 5.92 Å². The third kappa shape index (κ3) is 2.47. The van der Waals surface area contributed by atoms with Crippen LogP contribution >= 0.6 is 0 Å². The molecule has 19 heavy (non-hydrogen) atoms. The van der Waals surface area contributed by atoms with Crippen LogP contribution in [0.1, 0.15) is 6.92 Å². The first-order valence-electron chi connectivity index (χ1n) is 6.74. The zero-order valence-corrected chi connectivity index (χ0v) is 11.0. The number of anilines is 1.